The molecule has 3 aromatic rings. The summed E-state index contributed by atoms with van der Waals surface area (Å²) in [6.07, 6.45) is 3.74. The van der Waals surface area contributed by atoms with Crippen LogP contribution in [0.5, 0.6) is 0 Å². The molecule has 1 aromatic heterocycles. The van der Waals surface area contributed by atoms with Crippen LogP contribution in [-0.4, -0.2) is 36.6 Å². The Bertz CT molecular complexity index is 1370. The Morgan fingerprint density at radius 1 is 1.21 bits per heavy atom. The summed E-state index contributed by atoms with van der Waals surface area (Å²) >= 11 is 5.90. The zero-order chi connectivity index (χ0) is 27.4. The summed E-state index contributed by atoms with van der Waals surface area (Å²) in [5, 5.41) is 0.0614. The Morgan fingerprint density at radius 2 is 2.00 bits per heavy atom. The highest BCUT2D eigenvalue weighted by molar-refractivity contribution is 6.30. The number of aromatic nitrogens is 1. The number of hydrogen-bond acceptors (Lipinski definition) is 5. The fraction of sp³-hybridized carbons (Fsp3) is 0.448. The van der Waals surface area contributed by atoms with Crippen LogP contribution in [0.3, 0.4) is 0 Å². The van der Waals surface area contributed by atoms with Crippen molar-refractivity contribution in [2.24, 2.45) is 5.92 Å². The smallest absolute Gasteiger partial charge is 0.343 e. The summed E-state index contributed by atoms with van der Waals surface area (Å²) in [5.41, 5.74) is -0.135. The van der Waals surface area contributed by atoms with E-state index in [4.69, 9.17) is 25.8 Å². The SMILES string of the molecule is CCOC(=O)c1cn([C@H](COC2CCCCO2)C(C)C)c2cc(F)c(Cc3cccc(Cl)c3F)cc2c1=O. The number of benzene rings is 2. The lowest BCUT2D eigenvalue weighted by Crippen LogP contribution is -2.30. The van der Waals surface area contributed by atoms with Gasteiger partial charge in [-0.05, 0) is 61.4 Å². The first-order valence-corrected chi connectivity index (χ1v) is 13.3. The average molecular weight is 548 g/mol. The van der Waals surface area contributed by atoms with Gasteiger partial charge in [0.15, 0.2) is 6.29 Å². The highest BCUT2D eigenvalue weighted by Gasteiger charge is 2.26. The van der Waals surface area contributed by atoms with Gasteiger partial charge in [0.25, 0.3) is 0 Å². The molecule has 2 heterocycles. The number of halogens is 3. The van der Waals surface area contributed by atoms with Crippen molar-refractivity contribution in [2.45, 2.75) is 58.8 Å². The van der Waals surface area contributed by atoms with Crippen LogP contribution < -0.4 is 5.43 Å². The highest BCUT2D eigenvalue weighted by atomic mass is 35.5. The van der Waals surface area contributed by atoms with E-state index in [-0.39, 0.29) is 65.0 Å². The largest absolute Gasteiger partial charge is 0.462 e. The number of ether oxygens (including phenoxy) is 3. The Hall–Kier alpha value is -2.81. The molecule has 4 rings (SSSR count). The van der Waals surface area contributed by atoms with Crippen LogP contribution in [-0.2, 0) is 20.6 Å². The van der Waals surface area contributed by atoms with Gasteiger partial charge in [-0.1, -0.05) is 37.6 Å². The Labute approximate surface area is 225 Å². The molecule has 0 bridgehead atoms. The van der Waals surface area contributed by atoms with Gasteiger partial charge in [0.2, 0.25) is 5.43 Å². The fourth-order valence-electron chi connectivity index (χ4n) is 4.71. The fourth-order valence-corrected chi connectivity index (χ4v) is 4.91. The maximum absolute atomic E-state index is 15.5. The molecule has 0 radical (unpaired) electrons. The molecule has 204 valence electrons. The van der Waals surface area contributed by atoms with E-state index in [0.29, 0.717) is 12.1 Å². The molecule has 2 atom stereocenters. The number of rotatable bonds is 9. The number of carbonyl (C=O) groups excluding carboxylic acids is 1. The predicted molar refractivity (Wildman–Crippen MR) is 142 cm³/mol. The van der Waals surface area contributed by atoms with Crippen molar-refractivity contribution in [1.29, 1.82) is 0 Å². The quantitative estimate of drug-likeness (QED) is 0.288. The minimum atomic E-state index is -0.765. The minimum absolute atomic E-state index is 0.00244. The van der Waals surface area contributed by atoms with Crippen molar-refractivity contribution in [3.05, 3.63) is 80.1 Å². The molecule has 0 amide bonds. The second kappa shape index (κ2) is 12.4. The third kappa shape index (κ3) is 6.08. The van der Waals surface area contributed by atoms with E-state index in [2.05, 4.69) is 0 Å². The molecule has 0 N–H and O–H groups in total. The summed E-state index contributed by atoms with van der Waals surface area (Å²) in [6, 6.07) is 6.80. The third-order valence-corrected chi connectivity index (χ3v) is 7.12. The van der Waals surface area contributed by atoms with Gasteiger partial charge in [0.1, 0.15) is 17.2 Å². The summed E-state index contributed by atoms with van der Waals surface area (Å²) < 4.78 is 48.6. The summed E-state index contributed by atoms with van der Waals surface area (Å²) in [5.74, 6) is -2.01. The molecule has 2 aromatic carbocycles. The maximum Gasteiger partial charge on any atom is 0.343 e. The first kappa shape index (κ1) is 28.2. The number of pyridine rings is 1. The molecular formula is C29H32ClF2NO5. The molecule has 1 aliphatic heterocycles. The van der Waals surface area contributed by atoms with Gasteiger partial charge in [0.05, 0.1) is 29.8 Å². The zero-order valence-electron chi connectivity index (χ0n) is 21.8. The first-order valence-electron chi connectivity index (χ1n) is 12.9. The first-order chi connectivity index (χ1) is 18.2. The topological polar surface area (TPSA) is 66.8 Å². The number of fused-ring (bicyclic) bond motifs is 1. The van der Waals surface area contributed by atoms with Gasteiger partial charge in [-0.25, -0.2) is 13.6 Å². The molecular weight excluding hydrogens is 516 g/mol. The lowest BCUT2D eigenvalue weighted by Gasteiger charge is -2.30. The number of nitrogens with zero attached hydrogens (tertiary/aromatic N) is 1. The Kier molecular flexibility index (Phi) is 9.18. The zero-order valence-corrected chi connectivity index (χ0v) is 22.5. The number of hydrogen-bond donors (Lipinski definition) is 0. The van der Waals surface area contributed by atoms with Crippen LogP contribution >= 0.6 is 11.6 Å². The molecule has 6 nitrogen and oxygen atoms in total. The van der Waals surface area contributed by atoms with Gasteiger partial charge in [-0.2, -0.15) is 0 Å². The lowest BCUT2D eigenvalue weighted by atomic mass is 9.99. The van der Waals surface area contributed by atoms with Crippen LogP contribution in [0.1, 0.15) is 67.6 Å². The summed E-state index contributed by atoms with van der Waals surface area (Å²) in [6.45, 7) is 6.58. The molecule has 9 heteroatoms. The van der Waals surface area contributed by atoms with Crippen molar-refractivity contribution in [2.75, 3.05) is 19.8 Å². The van der Waals surface area contributed by atoms with Gasteiger partial charge in [-0.3, -0.25) is 4.79 Å². The summed E-state index contributed by atoms with van der Waals surface area (Å²) in [4.78, 5) is 26.2. The number of carbonyl (C=O) groups is 1. The Morgan fingerprint density at radius 3 is 2.68 bits per heavy atom. The van der Waals surface area contributed by atoms with E-state index in [1.54, 1.807) is 17.6 Å². The molecule has 1 unspecified atom stereocenters. The lowest BCUT2D eigenvalue weighted by molar-refractivity contribution is -0.169. The van der Waals surface area contributed by atoms with E-state index >= 15 is 4.39 Å². The average Bonchev–Trinajstić information content (AvgIpc) is 2.89. The van der Waals surface area contributed by atoms with E-state index in [0.717, 1.165) is 19.3 Å². The van der Waals surface area contributed by atoms with Gasteiger partial charge in [-0.15, -0.1) is 0 Å². The van der Waals surface area contributed by atoms with Gasteiger partial charge < -0.3 is 18.8 Å². The minimum Gasteiger partial charge on any atom is -0.462 e. The second-order valence-electron chi connectivity index (χ2n) is 9.79. The van der Waals surface area contributed by atoms with Crippen LogP contribution in [0.15, 0.2) is 41.3 Å². The molecule has 1 aliphatic rings. The van der Waals surface area contributed by atoms with Crippen LogP contribution in [0.4, 0.5) is 8.78 Å². The molecule has 38 heavy (non-hydrogen) atoms. The van der Waals surface area contributed by atoms with Gasteiger partial charge >= 0.3 is 5.97 Å². The van der Waals surface area contributed by atoms with Crippen LogP contribution in [0.2, 0.25) is 5.02 Å². The second-order valence-corrected chi connectivity index (χ2v) is 10.2. The van der Waals surface area contributed by atoms with Crippen molar-refractivity contribution >= 4 is 28.5 Å². The predicted octanol–water partition coefficient (Wildman–Crippen LogP) is 6.44. The molecule has 0 saturated carbocycles. The normalized spacial score (nSPS) is 16.7. The van der Waals surface area contributed by atoms with E-state index in [1.807, 2.05) is 13.8 Å². The molecule has 0 aliphatic carbocycles. The van der Waals surface area contributed by atoms with E-state index < -0.39 is 23.0 Å². The van der Waals surface area contributed by atoms with Crippen molar-refractivity contribution in [3.8, 4) is 0 Å². The van der Waals surface area contributed by atoms with Crippen molar-refractivity contribution < 1.29 is 27.8 Å². The van der Waals surface area contributed by atoms with Crippen LogP contribution in [0, 0.1) is 17.6 Å². The van der Waals surface area contributed by atoms with E-state index in [9.17, 15) is 14.0 Å². The molecule has 1 saturated heterocycles. The Balaban J connectivity index is 1.83. The maximum atomic E-state index is 15.5. The monoisotopic (exact) mass is 547 g/mol. The van der Waals surface area contributed by atoms with Crippen LogP contribution in [0.25, 0.3) is 10.9 Å². The molecule has 1 fully saturated rings. The number of esters is 1. The van der Waals surface area contributed by atoms with E-state index in [1.165, 1.54) is 30.5 Å². The van der Waals surface area contributed by atoms with Gasteiger partial charge in [0, 0.05) is 24.6 Å². The van der Waals surface area contributed by atoms with Crippen molar-refractivity contribution in [1.82, 2.24) is 4.57 Å². The van der Waals surface area contributed by atoms with Crippen molar-refractivity contribution in [3.63, 3.8) is 0 Å². The summed E-state index contributed by atoms with van der Waals surface area (Å²) in [7, 11) is 0. The highest BCUT2D eigenvalue weighted by Crippen LogP contribution is 2.29. The third-order valence-electron chi connectivity index (χ3n) is 6.83. The standard InChI is InChI=1S/C29H32ClF2NO5/c1-4-36-29(35)21-15-33(25(17(2)3)16-38-26-10-5-6-11-37-26)24-14-23(31)19(13-20(24)28(21)34)12-18-8-7-9-22(30)27(18)32/h7-9,13-15,17,25-26H,4-6,10-12,16H2,1-3H3/t25-,26?/m1/s1. The molecule has 0 spiro atoms.